The van der Waals surface area contributed by atoms with Gasteiger partial charge in [-0.25, -0.2) is 0 Å². The van der Waals surface area contributed by atoms with Crippen LogP contribution in [0.3, 0.4) is 0 Å². The molecule has 3 heteroatoms. The third-order valence-electron chi connectivity index (χ3n) is 3.27. The number of benzene rings is 3. The normalized spacial score (nSPS) is 10.2. The van der Waals surface area contributed by atoms with Gasteiger partial charge in [0.1, 0.15) is 11.5 Å². The van der Waals surface area contributed by atoms with Crippen molar-refractivity contribution >= 4 is 20.3 Å². The van der Waals surface area contributed by atoms with Crippen molar-refractivity contribution in [3.8, 4) is 11.5 Å². The summed E-state index contributed by atoms with van der Waals surface area (Å²) in [5.74, 6) is 1.49. The van der Waals surface area contributed by atoms with Crippen LogP contribution in [-0.4, -0.2) is 5.78 Å². The van der Waals surface area contributed by atoms with Crippen LogP contribution in [0.15, 0.2) is 78.9 Å². The number of hydrogen-bond acceptors (Lipinski definition) is 2. The van der Waals surface area contributed by atoms with Crippen molar-refractivity contribution in [3.05, 3.63) is 90.0 Å². The van der Waals surface area contributed by atoms with Crippen LogP contribution in [0.1, 0.15) is 15.9 Å². The highest BCUT2D eigenvalue weighted by molar-refractivity contribution is 7.27. The van der Waals surface area contributed by atoms with Crippen molar-refractivity contribution in [2.45, 2.75) is 0 Å². The number of ether oxygens (including phenoxy) is 1. The molecule has 0 spiro atoms. The van der Waals surface area contributed by atoms with Crippen molar-refractivity contribution in [2.24, 2.45) is 0 Å². The molecule has 108 valence electrons. The second-order valence-electron chi connectivity index (χ2n) is 4.89. The Balaban J connectivity index is 1.75. The third kappa shape index (κ3) is 3.41. The number of carbonyl (C=O) groups excluding carboxylic acids is 1. The Labute approximate surface area is 132 Å². The maximum atomic E-state index is 12.3. The minimum atomic E-state index is 0.0134. The first-order chi connectivity index (χ1) is 10.7. The lowest BCUT2D eigenvalue weighted by Gasteiger charge is -2.07. The van der Waals surface area contributed by atoms with Gasteiger partial charge in [-0.05, 0) is 41.7 Å². The van der Waals surface area contributed by atoms with Gasteiger partial charge in [0.2, 0.25) is 0 Å². The second-order valence-corrected chi connectivity index (χ2v) is 5.56. The summed E-state index contributed by atoms with van der Waals surface area (Å²) in [5, 5.41) is 1.11. The van der Waals surface area contributed by atoms with E-state index < -0.39 is 0 Å². The summed E-state index contributed by atoms with van der Waals surface area (Å²) in [4.78, 5) is 12.3. The van der Waals surface area contributed by atoms with Crippen LogP contribution in [0.4, 0.5) is 0 Å². The van der Waals surface area contributed by atoms with Crippen LogP contribution in [0.5, 0.6) is 11.5 Å². The van der Waals surface area contributed by atoms with Crippen LogP contribution < -0.4 is 10.0 Å². The summed E-state index contributed by atoms with van der Waals surface area (Å²) in [7, 11) is 2.64. The van der Waals surface area contributed by atoms with Gasteiger partial charge in [-0.1, -0.05) is 42.5 Å². The predicted octanol–water partition coefficient (Wildman–Crippen LogP) is 4.21. The fourth-order valence-corrected chi connectivity index (χ4v) is 2.29. The van der Waals surface area contributed by atoms with E-state index in [1.54, 1.807) is 12.1 Å². The molecule has 1 atom stereocenters. The van der Waals surface area contributed by atoms with Crippen molar-refractivity contribution in [3.63, 3.8) is 0 Å². The van der Waals surface area contributed by atoms with Gasteiger partial charge < -0.3 is 4.74 Å². The van der Waals surface area contributed by atoms with E-state index in [1.165, 1.54) is 0 Å². The monoisotopic (exact) mass is 306 g/mol. The van der Waals surface area contributed by atoms with Crippen molar-refractivity contribution in [2.75, 3.05) is 0 Å². The molecule has 22 heavy (non-hydrogen) atoms. The summed E-state index contributed by atoms with van der Waals surface area (Å²) in [6, 6.07) is 24.2. The molecular weight excluding hydrogens is 291 g/mol. The van der Waals surface area contributed by atoms with Crippen LogP contribution in [0.2, 0.25) is 0 Å². The molecule has 3 aromatic rings. The van der Waals surface area contributed by atoms with Gasteiger partial charge in [-0.15, -0.1) is 9.24 Å². The van der Waals surface area contributed by atoms with Gasteiger partial charge in [-0.2, -0.15) is 0 Å². The minimum absolute atomic E-state index is 0.0134. The molecule has 1 unspecified atom stereocenters. The highest BCUT2D eigenvalue weighted by atomic mass is 31.0. The topological polar surface area (TPSA) is 26.3 Å². The summed E-state index contributed by atoms with van der Waals surface area (Å²) in [6.45, 7) is 0. The molecule has 0 heterocycles. The Hall–Kier alpha value is -2.44. The van der Waals surface area contributed by atoms with Crippen LogP contribution in [0, 0.1) is 0 Å². The summed E-state index contributed by atoms with van der Waals surface area (Å²) >= 11 is 0. The highest BCUT2D eigenvalue weighted by Gasteiger charge is 2.08. The molecule has 0 aromatic heterocycles. The molecule has 3 rings (SSSR count). The zero-order valence-electron chi connectivity index (χ0n) is 11.9. The molecule has 0 saturated heterocycles. The van der Waals surface area contributed by atoms with Gasteiger partial charge in [0, 0.05) is 11.1 Å². The molecule has 0 amide bonds. The van der Waals surface area contributed by atoms with Gasteiger partial charge in [0.15, 0.2) is 5.78 Å². The van der Waals surface area contributed by atoms with E-state index >= 15 is 0 Å². The zero-order valence-corrected chi connectivity index (χ0v) is 13.1. The van der Waals surface area contributed by atoms with E-state index in [4.69, 9.17) is 4.74 Å². The van der Waals surface area contributed by atoms with Crippen molar-refractivity contribution < 1.29 is 9.53 Å². The first kappa shape index (κ1) is 14.5. The second kappa shape index (κ2) is 6.55. The van der Waals surface area contributed by atoms with E-state index in [2.05, 4.69) is 9.24 Å². The lowest BCUT2D eigenvalue weighted by atomic mass is 10.0. The average molecular weight is 306 g/mol. The predicted molar refractivity (Wildman–Crippen MR) is 92.2 cm³/mol. The maximum Gasteiger partial charge on any atom is 0.193 e. The van der Waals surface area contributed by atoms with Crippen molar-refractivity contribution in [1.82, 2.24) is 0 Å². The molecule has 2 nitrogen and oxygen atoms in total. The fourth-order valence-electron chi connectivity index (χ4n) is 2.10. The molecular formula is C19H15O2P. The van der Waals surface area contributed by atoms with Crippen molar-refractivity contribution in [1.29, 1.82) is 0 Å². The van der Waals surface area contributed by atoms with E-state index in [0.717, 1.165) is 11.1 Å². The molecule has 0 radical (unpaired) electrons. The number of rotatable bonds is 4. The quantitative estimate of drug-likeness (QED) is 0.533. The number of carbonyl (C=O) groups is 1. The first-order valence-electron chi connectivity index (χ1n) is 6.95. The Morgan fingerprint density at radius 1 is 0.682 bits per heavy atom. The Kier molecular flexibility index (Phi) is 4.32. The van der Waals surface area contributed by atoms with E-state index in [9.17, 15) is 4.79 Å². The Morgan fingerprint density at radius 2 is 1.18 bits per heavy atom. The summed E-state index contributed by atoms with van der Waals surface area (Å²) in [5.41, 5.74) is 1.34. The standard InChI is InChI=1S/C19H15O2P/c20-19(14-4-2-1-3-5-14)15-6-8-16(9-7-15)21-17-10-12-18(22)13-11-17/h1-13H,22H2. The lowest BCUT2D eigenvalue weighted by molar-refractivity contribution is 0.103. The van der Waals surface area contributed by atoms with Gasteiger partial charge in [0.05, 0.1) is 0 Å². The van der Waals surface area contributed by atoms with E-state index in [-0.39, 0.29) is 5.78 Å². The molecule has 0 aliphatic heterocycles. The van der Waals surface area contributed by atoms with E-state index in [1.807, 2.05) is 66.7 Å². The maximum absolute atomic E-state index is 12.3. The lowest BCUT2D eigenvalue weighted by Crippen LogP contribution is -2.00. The highest BCUT2D eigenvalue weighted by Crippen LogP contribution is 2.22. The van der Waals surface area contributed by atoms with Crippen LogP contribution in [0.25, 0.3) is 0 Å². The molecule has 0 fully saturated rings. The molecule has 0 aliphatic carbocycles. The Bertz CT molecular complexity index is 763. The number of hydrogen-bond donors (Lipinski definition) is 0. The van der Waals surface area contributed by atoms with Crippen LogP contribution in [-0.2, 0) is 0 Å². The largest absolute Gasteiger partial charge is 0.457 e. The van der Waals surface area contributed by atoms with Crippen LogP contribution >= 0.6 is 9.24 Å². The SMILES string of the molecule is O=C(c1ccccc1)c1ccc(Oc2ccc(P)cc2)cc1. The molecule has 0 saturated carbocycles. The molecule has 0 bridgehead atoms. The molecule has 0 N–H and O–H groups in total. The first-order valence-corrected chi connectivity index (χ1v) is 7.53. The smallest absolute Gasteiger partial charge is 0.193 e. The summed E-state index contributed by atoms with van der Waals surface area (Å²) in [6.07, 6.45) is 0. The minimum Gasteiger partial charge on any atom is -0.457 e. The van der Waals surface area contributed by atoms with Gasteiger partial charge in [0.25, 0.3) is 0 Å². The van der Waals surface area contributed by atoms with Gasteiger partial charge in [-0.3, -0.25) is 4.79 Å². The average Bonchev–Trinajstić information content (AvgIpc) is 2.58. The Morgan fingerprint density at radius 3 is 1.77 bits per heavy atom. The van der Waals surface area contributed by atoms with Gasteiger partial charge >= 0.3 is 0 Å². The zero-order chi connectivity index (χ0) is 15.4. The number of ketones is 1. The fraction of sp³-hybridized carbons (Fsp3) is 0. The molecule has 3 aromatic carbocycles. The third-order valence-corrected chi connectivity index (χ3v) is 3.65. The molecule has 0 aliphatic rings. The summed E-state index contributed by atoms with van der Waals surface area (Å²) < 4.78 is 5.75. The van der Waals surface area contributed by atoms with E-state index in [0.29, 0.717) is 16.9 Å².